The van der Waals surface area contributed by atoms with Crippen LogP contribution in [0.2, 0.25) is 0 Å². The number of hydrogen-bond acceptors (Lipinski definition) is 8. The van der Waals surface area contributed by atoms with Crippen molar-refractivity contribution in [3.63, 3.8) is 0 Å². The van der Waals surface area contributed by atoms with Crippen LogP contribution in [0.25, 0.3) is 11.4 Å². The molecule has 1 saturated heterocycles. The third-order valence-corrected chi connectivity index (χ3v) is 4.72. The molecule has 0 saturated carbocycles. The van der Waals surface area contributed by atoms with Crippen LogP contribution in [0.4, 0.5) is 13.2 Å². The number of esters is 1. The number of amides is 1. The van der Waals surface area contributed by atoms with Gasteiger partial charge < -0.3 is 19.4 Å². The number of hydroxylamine groups is 2. The van der Waals surface area contributed by atoms with E-state index in [1.807, 2.05) is 0 Å². The summed E-state index contributed by atoms with van der Waals surface area (Å²) < 4.78 is 46.9. The van der Waals surface area contributed by atoms with E-state index in [1.54, 1.807) is 5.06 Å². The van der Waals surface area contributed by atoms with Crippen LogP contribution in [0.1, 0.15) is 29.1 Å². The Morgan fingerprint density at radius 3 is 2.50 bits per heavy atom. The zero-order valence-electron chi connectivity index (χ0n) is 16.2. The highest BCUT2D eigenvalue weighted by molar-refractivity contribution is 5.98. The second-order valence-corrected chi connectivity index (χ2v) is 6.68. The number of carbonyl (C=O) groups excluding carboxylic acids is 2. The van der Waals surface area contributed by atoms with Gasteiger partial charge in [-0.15, -0.1) is 0 Å². The molecule has 2 aromatic rings. The number of aromatic nitrogens is 2. The molecule has 1 aliphatic heterocycles. The number of nitrogens with zero attached hydrogens (tertiary/aromatic N) is 3. The minimum absolute atomic E-state index is 0.114. The van der Waals surface area contributed by atoms with Gasteiger partial charge in [-0.3, -0.25) is 4.79 Å². The number of rotatable bonds is 5. The first-order valence-corrected chi connectivity index (χ1v) is 8.90. The molecule has 1 aromatic carbocycles. The van der Waals surface area contributed by atoms with Gasteiger partial charge in [0, 0.05) is 17.7 Å². The molecule has 0 bridgehead atoms. The molecule has 162 valence electrons. The van der Waals surface area contributed by atoms with Gasteiger partial charge in [-0.05, 0) is 25.0 Å². The maximum Gasteiger partial charge on any atom is 0.471 e. The molecule has 2 heterocycles. The highest BCUT2D eigenvalue weighted by Crippen LogP contribution is 2.29. The molecule has 12 heteroatoms. The number of piperidine rings is 1. The number of nitrogens with one attached hydrogen (secondary N) is 1. The largest absolute Gasteiger partial charge is 0.471 e. The van der Waals surface area contributed by atoms with Crippen molar-refractivity contribution in [3.05, 3.63) is 35.7 Å². The first-order valence-electron chi connectivity index (χ1n) is 8.90. The normalized spacial score (nSPS) is 20.0. The fourth-order valence-electron chi connectivity index (χ4n) is 3.20. The Balaban J connectivity index is 1.78. The van der Waals surface area contributed by atoms with E-state index in [1.165, 1.54) is 38.5 Å². The van der Waals surface area contributed by atoms with E-state index in [-0.39, 0.29) is 23.5 Å². The van der Waals surface area contributed by atoms with Crippen molar-refractivity contribution in [2.45, 2.75) is 24.6 Å². The van der Waals surface area contributed by atoms with Crippen LogP contribution in [-0.2, 0) is 20.5 Å². The fraction of sp³-hybridized carbons (Fsp3) is 0.444. The van der Waals surface area contributed by atoms with Crippen LogP contribution >= 0.6 is 0 Å². The van der Waals surface area contributed by atoms with Gasteiger partial charge in [0.2, 0.25) is 5.82 Å². The maximum atomic E-state index is 12.7. The number of halogens is 3. The first-order chi connectivity index (χ1) is 14.2. The molecule has 1 atom stereocenters. The van der Waals surface area contributed by atoms with E-state index in [2.05, 4.69) is 20.0 Å². The summed E-state index contributed by atoms with van der Waals surface area (Å²) in [4.78, 5) is 33.6. The summed E-state index contributed by atoms with van der Waals surface area (Å²) in [6, 6.07) is 5.53. The Labute approximate surface area is 169 Å². The Hall–Kier alpha value is -2.99. The summed E-state index contributed by atoms with van der Waals surface area (Å²) in [5, 5.41) is 7.56. The number of carbonyl (C=O) groups is 2. The van der Waals surface area contributed by atoms with Crippen molar-refractivity contribution < 1.29 is 36.9 Å². The van der Waals surface area contributed by atoms with Crippen molar-refractivity contribution in [1.82, 2.24) is 20.5 Å². The van der Waals surface area contributed by atoms with Crippen molar-refractivity contribution in [1.29, 1.82) is 0 Å². The van der Waals surface area contributed by atoms with Gasteiger partial charge in [0.25, 0.3) is 5.91 Å². The minimum atomic E-state index is -4.75. The maximum absolute atomic E-state index is 12.7. The second-order valence-electron chi connectivity index (χ2n) is 6.68. The van der Waals surface area contributed by atoms with E-state index in [0.29, 0.717) is 19.4 Å². The third-order valence-electron chi connectivity index (χ3n) is 4.72. The SMILES string of the molecule is COC(=O)C1(NC(=O)c2ccc(-c3noc(C(F)(F)F)n3)cc2)CCCN(OC)C1. The molecular weight excluding hydrogens is 409 g/mol. The van der Waals surface area contributed by atoms with E-state index in [4.69, 9.17) is 9.57 Å². The second kappa shape index (κ2) is 8.40. The highest BCUT2D eigenvalue weighted by Gasteiger charge is 2.45. The predicted octanol–water partition coefficient (Wildman–Crippen LogP) is 2.05. The standard InChI is InChI=1S/C18H19F3N4O5/c1-28-16(27)17(8-3-9-25(10-17)29-2)23-14(26)12-6-4-11(5-7-12)13-22-15(30-24-13)18(19,20)21/h4-7H,3,8-10H2,1-2H3,(H,23,26). The summed E-state index contributed by atoms with van der Waals surface area (Å²) in [5.41, 5.74) is -0.860. The molecule has 1 amide bonds. The lowest BCUT2D eigenvalue weighted by atomic mass is 9.89. The van der Waals surface area contributed by atoms with Gasteiger partial charge in [0.1, 0.15) is 0 Å². The van der Waals surface area contributed by atoms with Gasteiger partial charge in [-0.1, -0.05) is 17.3 Å². The summed E-state index contributed by atoms with van der Waals surface area (Å²) in [7, 11) is 2.70. The molecule has 0 spiro atoms. The van der Waals surface area contributed by atoms with Gasteiger partial charge in [0.05, 0.1) is 20.8 Å². The van der Waals surface area contributed by atoms with Gasteiger partial charge in [0.15, 0.2) is 5.54 Å². The lowest BCUT2D eigenvalue weighted by molar-refractivity contribution is -0.177. The monoisotopic (exact) mass is 428 g/mol. The number of methoxy groups -OCH3 is 1. The first kappa shape index (κ1) is 21.7. The number of benzene rings is 1. The quantitative estimate of drug-likeness (QED) is 0.722. The molecule has 30 heavy (non-hydrogen) atoms. The van der Waals surface area contributed by atoms with Crippen molar-refractivity contribution in [2.24, 2.45) is 0 Å². The smallest absolute Gasteiger partial charge is 0.467 e. The molecule has 3 rings (SSSR count). The van der Waals surface area contributed by atoms with Crippen LogP contribution in [0.3, 0.4) is 0 Å². The van der Waals surface area contributed by atoms with Crippen molar-refractivity contribution >= 4 is 11.9 Å². The van der Waals surface area contributed by atoms with Crippen molar-refractivity contribution in [3.8, 4) is 11.4 Å². The molecule has 1 aliphatic rings. The zero-order chi connectivity index (χ0) is 21.9. The van der Waals surface area contributed by atoms with Gasteiger partial charge in [-0.2, -0.15) is 23.2 Å². The van der Waals surface area contributed by atoms with Crippen molar-refractivity contribution in [2.75, 3.05) is 27.3 Å². The van der Waals surface area contributed by atoms with Crippen LogP contribution < -0.4 is 5.32 Å². The summed E-state index contributed by atoms with van der Waals surface area (Å²) >= 11 is 0. The topological polar surface area (TPSA) is 107 Å². The average Bonchev–Trinajstić information content (AvgIpc) is 3.24. The average molecular weight is 428 g/mol. The summed E-state index contributed by atoms with van der Waals surface area (Å²) in [5.74, 6) is -2.86. The van der Waals surface area contributed by atoms with E-state index >= 15 is 0 Å². The van der Waals surface area contributed by atoms with E-state index < -0.39 is 29.5 Å². The van der Waals surface area contributed by atoms with E-state index in [0.717, 1.165) is 0 Å². The van der Waals surface area contributed by atoms with Gasteiger partial charge >= 0.3 is 18.0 Å². The molecule has 1 fully saturated rings. The third kappa shape index (κ3) is 4.44. The number of hydrogen-bond donors (Lipinski definition) is 1. The molecule has 1 unspecified atom stereocenters. The fourth-order valence-corrected chi connectivity index (χ4v) is 3.20. The molecule has 1 N–H and O–H groups in total. The Morgan fingerprint density at radius 1 is 1.23 bits per heavy atom. The number of alkyl halides is 3. The molecule has 0 aliphatic carbocycles. The Morgan fingerprint density at radius 2 is 1.93 bits per heavy atom. The van der Waals surface area contributed by atoms with Gasteiger partial charge in [-0.25, -0.2) is 4.79 Å². The Bertz CT molecular complexity index is 915. The van der Waals surface area contributed by atoms with Crippen LogP contribution in [0.5, 0.6) is 0 Å². The minimum Gasteiger partial charge on any atom is -0.467 e. The van der Waals surface area contributed by atoms with Crippen LogP contribution in [0.15, 0.2) is 28.8 Å². The van der Waals surface area contributed by atoms with Crippen LogP contribution in [-0.4, -0.2) is 59.9 Å². The molecule has 0 radical (unpaired) electrons. The lowest BCUT2D eigenvalue weighted by Crippen LogP contribution is -2.63. The van der Waals surface area contributed by atoms with E-state index in [9.17, 15) is 22.8 Å². The summed E-state index contributed by atoms with van der Waals surface area (Å²) in [6.07, 6.45) is -3.78. The molecule has 9 nitrogen and oxygen atoms in total. The zero-order valence-corrected chi connectivity index (χ0v) is 16.2. The number of ether oxygens (including phenoxy) is 1. The van der Waals surface area contributed by atoms with Crippen LogP contribution in [0, 0.1) is 0 Å². The molecule has 1 aromatic heterocycles. The lowest BCUT2D eigenvalue weighted by Gasteiger charge is -2.39. The summed E-state index contributed by atoms with van der Waals surface area (Å²) in [6.45, 7) is 0.716. The molecular formula is C18H19F3N4O5. The predicted molar refractivity (Wildman–Crippen MR) is 94.8 cm³/mol. The Kier molecular flexibility index (Phi) is 6.08. The highest BCUT2D eigenvalue weighted by atomic mass is 19.4.